The molecular weight excluding hydrogens is 482 g/mol. The van der Waals surface area contributed by atoms with Crippen LogP contribution in [0.2, 0.25) is 0 Å². The molecule has 0 aliphatic rings. The minimum Gasteiger partial charge on any atom is -0.478 e. The van der Waals surface area contributed by atoms with Gasteiger partial charge in [-0.05, 0) is 61.2 Å². The first kappa shape index (κ1) is 26.4. The smallest absolute Gasteiger partial charge is 0.339 e. The number of anilines is 2. The third-order valence-electron chi connectivity index (χ3n) is 6.03. The van der Waals surface area contributed by atoms with E-state index in [0.29, 0.717) is 40.6 Å². The van der Waals surface area contributed by atoms with E-state index in [0.717, 1.165) is 5.56 Å². The van der Waals surface area contributed by atoms with Crippen molar-refractivity contribution in [1.29, 1.82) is 0 Å². The van der Waals surface area contributed by atoms with Crippen molar-refractivity contribution >= 4 is 23.4 Å². The highest BCUT2D eigenvalue weighted by Gasteiger charge is 2.21. The number of para-hydroxylation sites is 1. The number of aromatic nitrogens is 3. The quantitative estimate of drug-likeness (QED) is 0.257. The van der Waals surface area contributed by atoms with Gasteiger partial charge in [-0.1, -0.05) is 45.9 Å². The largest absolute Gasteiger partial charge is 0.478 e. The van der Waals surface area contributed by atoms with E-state index in [9.17, 15) is 14.7 Å². The lowest BCUT2D eigenvalue weighted by Gasteiger charge is -2.22. The highest BCUT2D eigenvalue weighted by molar-refractivity contribution is 6.00. The molecule has 0 spiro atoms. The van der Waals surface area contributed by atoms with Gasteiger partial charge in [0, 0.05) is 17.4 Å². The second kappa shape index (κ2) is 10.8. The average molecular weight is 514 g/mol. The van der Waals surface area contributed by atoms with Gasteiger partial charge in [0.25, 0.3) is 0 Å². The van der Waals surface area contributed by atoms with Crippen molar-refractivity contribution in [3.63, 3.8) is 0 Å². The molecule has 2 heterocycles. The molecule has 2 amide bonds. The lowest BCUT2D eigenvalue weighted by atomic mass is 9.86. The number of urea groups is 1. The molecule has 0 bridgehead atoms. The first-order chi connectivity index (χ1) is 18.1. The van der Waals surface area contributed by atoms with Crippen molar-refractivity contribution in [3.8, 4) is 17.3 Å². The van der Waals surface area contributed by atoms with Gasteiger partial charge in [0.05, 0.1) is 17.1 Å². The number of nitrogens with one attached hydrogen (secondary N) is 2. The number of amides is 2. The monoisotopic (exact) mass is 513 g/mol. The standard InChI is InChI=1S/C29H31N5O4/c1-6-22-25(27(35)36)18(2)34(33-22)20-15-13-19(14-16-20)31-28(37)32-23-11-9-17-30-26(23)38-24-12-8-7-10-21(24)29(3,4)5/h7-17H,6H2,1-5H3,(H,35,36)(H2,31,32,37). The minimum absolute atomic E-state index is 0.134. The van der Waals surface area contributed by atoms with E-state index in [2.05, 4.69) is 41.5 Å². The molecule has 0 saturated carbocycles. The van der Waals surface area contributed by atoms with Crippen LogP contribution in [-0.2, 0) is 11.8 Å². The van der Waals surface area contributed by atoms with Crippen LogP contribution in [0, 0.1) is 6.92 Å². The van der Waals surface area contributed by atoms with Crippen LogP contribution < -0.4 is 15.4 Å². The molecule has 9 heteroatoms. The predicted octanol–water partition coefficient (Wildman–Crippen LogP) is 6.57. The number of hydrogen-bond donors (Lipinski definition) is 3. The molecule has 0 aliphatic carbocycles. The van der Waals surface area contributed by atoms with Gasteiger partial charge in [-0.3, -0.25) is 0 Å². The third kappa shape index (κ3) is 5.67. The normalized spacial score (nSPS) is 11.2. The maximum atomic E-state index is 12.8. The Morgan fingerprint density at radius 2 is 1.71 bits per heavy atom. The summed E-state index contributed by atoms with van der Waals surface area (Å²) < 4.78 is 7.72. The topological polar surface area (TPSA) is 118 Å². The highest BCUT2D eigenvalue weighted by Crippen LogP contribution is 2.35. The first-order valence-corrected chi connectivity index (χ1v) is 12.3. The molecule has 38 heavy (non-hydrogen) atoms. The van der Waals surface area contributed by atoms with Crippen molar-refractivity contribution < 1.29 is 19.4 Å². The van der Waals surface area contributed by atoms with Gasteiger partial charge in [0.15, 0.2) is 0 Å². The molecule has 0 aliphatic heterocycles. The fraction of sp³-hybridized carbons (Fsp3) is 0.241. The summed E-state index contributed by atoms with van der Waals surface area (Å²) in [5.41, 5.74) is 3.84. The maximum Gasteiger partial charge on any atom is 0.339 e. The summed E-state index contributed by atoms with van der Waals surface area (Å²) in [5, 5.41) is 19.6. The van der Waals surface area contributed by atoms with E-state index in [1.165, 1.54) is 0 Å². The van der Waals surface area contributed by atoms with E-state index in [1.54, 1.807) is 54.2 Å². The van der Waals surface area contributed by atoms with Crippen LogP contribution in [0.4, 0.5) is 16.2 Å². The fourth-order valence-electron chi connectivity index (χ4n) is 4.15. The Morgan fingerprint density at radius 1 is 1.00 bits per heavy atom. The van der Waals surface area contributed by atoms with Crippen molar-refractivity contribution in [3.05, 3.63) is 89.4 Å². The molecule has 0 fully saturated rings. The second-order valence-electron chi connectivity index (χ2n) is 9.81. The zero-order valence-corrected chi connectivity index (χ0v) is 22.1. The lowest BCUT2D eigenvalue weighted by molar-refractivity contribution is 0.0695. The molecule has 4 rings (SSSR count). The molecule has 3 N–H and O–H groups in total. The highest BCUT2D eigenvalue weighted by atomic mass is 16.5. The average Bonchev–Trinajstić information content (AvgIpc) is 3.22. The Hall–Kier alpha value is -4.66. The second-order valence-corrected chi connectivity index (χ2v) is 9.81. The molecular formula is C29H31N5O4. The van der Waals surface area contributed by atoms with Crippen LogP contribution in [0.15, 0.2) is 66.9 Å². The number of pyridine rings is 1. The Kier molecular flexibility index (Phi) is 7.47. The molecule has 4 aromatic rings. The van der Waals surface area contributed by atoms with Gasteiger partial charge in [-0.25, -0.2) is 19.3 Å². The number of carboxylic acids is 1. The summed E-state index contributed by atoms with van der Waals surface area (Å²) in [6.45, 7) is 9.90. The molecule has 9 nitrogen and oxygen atoms in total. The van der Waals surface area contributed by atoms with E-state index in [-0.39, 0.29) is 16.9 Å². The van der Waals surface area contributed by atoms with Crippen LogP contribution >= 0.6 is 0 Å². The Bertz CT molecular complexity index is 1470. The summed E-state index contributed by atoms with van der Waals surface area (Å²) in [4.78, 5) is 28.8. The van der Waals surface area contributed by atoms with Gasteiger partial charge < -0.3 is 20.5 Å². The number of benzene rings is 2. The molecule has 0 saturated heterocycles. The Morgan fingerprint density at radius 3 is 2.34 bits per heavy atom. The van der Waals surface area contributed by atoms with Crippen molar-refractivity contribution in [2.24, 2.45) is 0 Å². The van der Waals surface area contributed by atoms with Gasteiger partial charge in [-0.2, -0.15) is 5.10 Å². The summed E-state index contributed by atoms with van der Waals surface area (Å²) >= 11 is 0. The Balaban J connectivity index is 1.49. The van der Waals surface area contributed by atoms with Gasteiger partial charge >= 0.3 is 12.0 Å². The van der Waals surface area contributed by atoms with Gasteiger partial charge in [0.2, 0.25) is 5.88 Å². The number of nitrogens with zero attached hydrogens (tertiary/aromatic N) is 3. The first-order valence-electron chi connectivity index (χ1n) is 12.3. The van der Waals surface area contributed by atoms with Crippen LogP contribution in [0.25, 0.3) is 5.69 Å². The zero-order valence-electron chi connectivity index (χ0n) is 22.1. The fourth-order valence-corrected chi connectivity index (χ4v) is 4.15. The van der Waals surface area contributed by atoms with Crippen LogP contribution in [0.1, 0.15) is 55.0 Å². The zero-order chi connectivity index (χ0) is 27.4. The molecule has 0 atom stereocenters. The van der Waals surface area contributed by atoms with E-state index >= 15 is 0 Å². The number of hydrogen-bond acceptors (Lipinski definition) is 5. The van der Waals surface area contributed by atoms with Crippen LogP contribution in [-0.4, -0.2) is 31.9 Å². The van der Waals surface area contributed by atoms with E-state index in [4.69, 9.17) is 4.74 Å². The molecule has 0 radical (unpaired) electrons. The summed E-state index contributed by atoms with van der Waals surface area (Å²) in [6.07, 6.45) is 2.12. The number of carbonyl (C=O) groups excluding carboxylic acids is 1. The lowest BCUT2D eigenvalue weighted by Crippen LogP contribution is -2.20. The van der Waals surface area contributed by atoms with Crippen molar-refractivity contribution in [2.45, 2.75) is 46.5 Å². The minimum atomic E-state index is -0.999. The number of carbonyl (C=O) groups is 2. The number of aryl methyl sites for hydroxylation is 1. The van der Waals surface area contributed by atoms with Gasteiger partial charge in [0.1, 0.15) is 17.0 Å². The van der Waals surface area contributed by atoms with Crippen LogP contribution in [0.3, 0.4) is 0 Å². The molecule has 196 valence electrons. The van der Waals surface area contributed by atoms with Crippen molar-refractivity contribution in [1.82, 2.24) is 14.8 Å². The Labute approximate surface area is 221 Å². The van der Waals surface area contributed by atoms with Gasteiger partial charge in [-0.15, -0.1) is 0 Å². The summed E-state index contributed by atoms with van der Waals surface area (Å²) in [6, 6.07) is 17.7. The molecule has 2 aromatic heterocycles. The maximum absolute atomic E-state index is 12.8. The van der Waals surface area contributed by atoms with Crippen molar-refractivity contribution in [2.75, 3.05) is 10.6 Å². The number of carboxylic acid groups (broad SMARTS) is 1. The SMILES string of the molecule is CCc1nn(-c2ccc(NC(=O)Nc3cccnc3Oc3ccccc3C(C)(C)C)cc2)c(C)c1C(=O)O. The molecule has 0 unspecified atom stereocenters. The number of rotatable bonds is 7. The van der Waals surface area contributed by atoms with E-state index in [1.807, 2.05) is 31.2 Å². The van der Waals surface area contributed by atoms with Crippen LogP contribution in [0.5, 0.6) is 11.6 Å². The number of ether oxygens (including phenoxy) is 1. The third-order valence-corrected chi connectivity index (χ3v) is 6.03. The van der Waals surface area contributed by atoms with E-state index < -0.39 is 12.0 Å². The summed E-state index contributed by atoms with van der Waals surface area (Å²) in [5.74, 6) is -0.0463. The molecule has 2 aromatic carbocycles. The summed E-state index contributed by atoms with van der Waals surface area (Å²) in [7, 11) is 0. The number of aromatic carboxylic acids is 1. The predicted molar refractivity (Wildman–Crippen MR) is 147 cm³/mol.